The molecule has 0 bridgehead atoms. The molecule has 90 valence electrons. The molecule has 0 radical (unpaired) electrons. The first-order valence-electron chi connectivity index (χ1n) is 5.21. The average Bonchev–Trinajstić information content (AvgIpc) is 2.26. The van der Waals surface area contributed by atoms with Crippen LogP contribution >= 0.6 is 0 Å². The highest BCUT2D eigenvalue weighted by molar-refractivity contribution is 7.89. The van der Waals surface area contributed by atoms with Gasteiger partial charge < -0.3 is 0 Å². The molecule has 1 atom stereocenters. The molecule has 1 aromatic rings. The van der Waals surface area contributed by atoms with E-state index in [1.807, 2.05) is 13.8 Å². The van der Waals surface area contributed by atoms with E-state index in [1.165, 1.54) is 18.2 Å². The molecule has 1 aromatic carbocycles. The second kappa shape index (κ2) is 5.41. The molecule has 1 rings (SSSR count). The van der Waals surface area contributed by atoms with Crippen LogP contribution < -0.4 is 4.72 Å². The first-order valence-corrected chi connectivity index (χ1v) is 6.70. The SMILES string of the molecule is CCC(C)CNS(=O)(=O)c1ccccc1F. The largest absolute Gasteiger partial charge is 0.243 e. The zero-order valence-electron chi connectivity index (χ0n) is 9.40. The van der Waals surface area contributed by atoms with Crippen molar-refractivity contribution in [3.8, 4) is 0 Å². The fourth-order valence-electron chi connectivity index (χ4n) is 1.14. The molecular weight excluding hydrogens is 229 g/mol. The minimum Gasteiger partial charge on any atom is -0.211 e. The van der Waals surface area contributed by atoms with E-state index in [1.54, 1.807) is 0 Å². The second-order valence-electron chi connectivity index (χ2n) is 3.80. The molecule has 0 fully saturated rings. The predicted molar refractivity (Wildman–Crippen MR) is 61.0 cm³/mol. The number of benzene rings is 1. The Kier molecular flexibility index (Phi) is 4.44. The maximum Gasteiger partial charge on any atom is 0.243 e. The minimum atomic E-state index is -3.72. The van der Waals surface area contributed by atoms with Gasteiger partial charge in [0.2, 0.25) is 10.0 Å². The van der Waals surface area contributed by atoms with Crippen LogP contribution in [0.1, 0.15) is 20.3 Å². The Morgan fingerprint density at radius 2 is 2.00 bits per heavy atom. The van der Waals surface area contributed by atoms with Crippen molar-refractivity contribution in [1.82, 2.24) is 4.72 Å². The molecule has 0 aromatic heterocycles. The van der Waals surface area contributed by atoms with Gasteiger partial charge >= 0.3 is 0 Å². The summed E-state index contributed by atoms with van der Waals surface area (Å²) in [5.41, 5.74) is 0. The van der Waals surface area contributed by atoms with E-state index in [2.05, 4.69) is 4.72 Å². The topological polar surface area (TPSA) is 46.2 Å². The lowest BCUT2D eigenvalue weighted by Gasteiger charge is -2.11. The molecule has 5 heteroatoms. The van der Waals surface area contributed by atoms with Crippen LogP contribution in [0.5, 0.6) is 0 Å². The molecule has 0 aliphatic carbocycles. The van der Waals surface area contributed by atoms with E-state index in [0.29, 0.717) is 6.54 Å². The van der Waals surface area contributed by atoms with E-state index < -0.39 is 15.8 Å². The second-order valence-corrected chi connectivity index (χ2v) is 5.53. The number of hydrogen-bond donors (Lipinski definition) is 1. The highest BCUT2D eigenvalue weighted by Crippen LogP contribution is 2.13. The fourth-order valence-corrected chi connectivity index (χ4v) is 2.38. The van der Waals surface area contributed by atoms with Crippen LogP contribution in [0.2, 0.25) is 0 Å². The standard InChI is InChI=1S/C11H16FNO2S/c1-3-9(2)8-13-16(14,15)11-7-5-4-6-10(11)12/h4-7,9,13H,3,8H2,1-2H3. The Bertz CT molecular complexity index is 445. The van der Waals surface area contributed by atoms with Crippen molar-refractivity contribution in [2.24, 2.45) is 5.92 Å². The smallest absolute Gasteiger partial charge is 0.211 e. The van der Waals surface area contributed by atoms with E-state index in [0.717, 1.165) is 12.5 Å². The molecular formula is C11H16FNO2S. The Hall–Kier alpha value is -0.940. The summed E-state index contributed by atoms with van der Waals surface area (Å²) >= 11 is 0. The zero-order valence-corrected chi connectivity index (χ0v) is 10.2. The van der Waals surface area contributed by atoms with Gasteiger partial charge in [0.25, 0.3) is 0 Å². The van der Waals surface area contributed by atoms with Crippen molar-refractivity contribution >= 4 is 10.0 Å². The lowest BCUT2D eigenvalue weighted by atomic mass is 10.1. The van der Waals surface area contributed by atoms with Gasteiger partial charge in [0.1, 0.15) is 10.7 Å². The lowest BCUT2D eigenvalue weighted by molar-refractivity contribution is 0.521. The summed E-state index contributed by atoms with van der Waals surface area (Å²) in [7, 11) is -3.72. The third-order valence-electron chi connectivity index (χ3n) is 2.44. The highest BCUT2D eigenvalue weighted by Gasteiger charge is 2.18. The molecule has 1 N–H and O–H groups in total. The third kappa shape index (κ3) is 3.28. The Balaban J connectivity index is 2.83. The molecule has 0 heterocycles. The third-order valence-corrected chi connectivity index (χ3v) is 3.90. The number of sulfonamides is 1. The highest BCUT2D eigenvalue weighted by atomic mass is 32.2. The summed E-state index contributed by atoms with van der Waals surface area (Å²) in [6, 6.07) is 5.36. The van der Waals surface area contributed by atoms with Gasteiger partial charge in [0.15, 0.2) is 0 Å². The lowest BCUT2D eigenvalue weighted by Crippen LogP contribution is -2.28. The van der Waals surface area contributed by atoms with Crippen LogP contribution in [0.15, 0.2) is 29.2 Å². The van der Waals surface area contributed by atoms with Gasteiger partial charge in [-0.1, -0.05) is 32.4 Å². The van der Waals surface area contributed by atoms with Crippen molar-refractivity contribution in [3.05, 3.63) is 30.1 Å². The van der Waals surface area contributed by atoms with Crippen LogP contribution in [0.25, 0.3) is 0 Å². The number of nitrogens with one attached hydrogen (secondary N) is 1. The van der Waals surface area contributed by atoms with E-state index in [9.17, 15) is 12.8 Å². The van der Waals surface area contributed by atoms with Gasteiger partial charge in [-0.05, 0) is 18.1 Å². The summed E-state index contributed by atoms with van der Waals surface area (Å²) in [5.74, 6) is -0.485. The van der Waals surface area contributed by atoms with Gasteiger partial charge in [0.05, 0.1) is 0 Å². The van der Waals surface area contributed by atoms with Crippen molar-refractivity contribution in [2.45, 2.75) is 25.2 Å². The van der Waals surface area contributed by atoms with Crippen molar-refractivity contribution in [1.29, 1.82) is 0 Å². The van der Waals surface area contributed by atoms with Crippen LogP contribution in [0.4, 0.5) is 4.39 Å². The number of hydrogen-bond acceptors (Lipinski definition) is 2. The van der Waals surface area contributed by atoms with Crippen molar-refractivity contribution in [3.63, 3.8) is 0 Å². The number of halogens is 1. The van der Waals surface area contributed by atoms with E-state index >= 15 is 0 Å². The molecule has 0 spiro atoms. The molecule has 16 heavy (non-hydrogen) atoms. The van der Waals surface area contributed by atoms with Crippen LogP contribution in [0, 0.1) is 11.7 Å². The summed E-state index contributed by atoms with van der Waals surface area (Å²) in [6.07, 6.45) is 0.875. The fraction of sp³-hybridized carbons (Fsp3) is 0.455. The first-order chi connectivity index (χ1) is 7.47. The maximum atomic E-state index is 13.3. The van der Waals surface area contributed by atoms with Gasteiger partial charge in [-0.25, -0.2) is 17.5 Å². The predicted octanol–water partition coefficient (Wildman–Crippen LogP) is 2.15. The molecule has 1 unspecified atom stereocenters. The Labute approximate surface area is 95.7 Å². The summed E-state index contributed by atoms with van der Waals surface area (Å²) in [4.78, 5) is -0.293. The van der Waals surface area contributed by atoms with Gasteiger partial charge in [-0.3, -0.25) is 0 Å². The van der Waals surface area contributed by atoms with E-state index in [4.69, 9.17) is 0 Å². The Morgan fingerprint density at radius 1 is 1.38 bits per heavy atom. The molecule has 0 aliphatic heterocycles. The van der Waals surface area contributed by atoms with Crippen LogP contribution in [-0.4, -0.2) is 15.0 Å². The van der Waals surface area contributed by atoms with Gasteiger partial charge in [-0.2, -0.15) is 0 Å². The molecule has 0 saturated carbocycles. The molecule has 3 nitrogen and oxygen atoms in total. The normalized spacial score (nSPS) is 13.7. The number of rotatable bonds is 5. The maximum absolute atomic E-state index is 13.3. The first kappa shape index (κ1) is 13.1. The summed E-state index contributed by atoms with van der Waals surface area (Å²) in [6.45, 7) is 4.24. The Morgan fingerprint density at radius 3 is 2.56 bits per heavy atom. The quantitative estimate of drug-likeness (QED) is 0.864. The van der Waals surface area contributed by atoms with Crippen molar-refractivity contribution < 1.29 is 12.8 Å². The molecule has 0 saturated heterocycles. The van der Waals surface area contributed by atoms with Crippen LogP contribution in [-0.2, 0) is 10.0 Å². The van der Waals surface area contributed by atoms with Crippen LogP contribution in [0.3, 0.4) is 0 Å². The minimum absolute atomic E-state index is 0.238. The van der Waals surface area contributed by atoms with E-state index in [-0.39, 0.29) is 10.8 Å². The van der Waals surface area contributed by atoms with Gasteiger partial charge in [0, 0.05) is 6.54 Å². The zero-order chi connectivity index (χ0) is 12.2. The molecule has 0 amide bonds. The van der Waals surface area contributed by atoms with Gasteiger partial charge in [-0.15, -0.1) is 0 Å². The average molecular weight is 245 g/mol. The summed E-state index contributed by atoms with van der Waals surface area (Å²) in [5, 5.41) is 0. The molecule has 0 aliphatic rings. The summed E-state index contributed by atoms with van der Waals surface area (Å²) < 4.78 is 39.1. The monoisotopic (exact) mass is 245 g/mol. The van der Waals surface area contributed by atoms with Crippen molar-refractivity contribution in [2.75, 3.05) is 6.54 Å².